The Labute approximate surface area is 92.1 Å². The number of methoxy groups -OCH3 is 1. The largest absolute Gasteiger partial charge is 0.463 e. The molecule has 14 heavy (non-hydrogen) atoms. The van der Waals surface area contributed by atoms with Crippen molar-refractivity contribution in [2.45, 2.75) is 0 Å². The zero-order chi connectivity index (χ0) is 10.1. The van der Waals surface area contributed by atoms with Crippen molar-refractivity contribution in [3.8, 4) is 0 Å². The average Bonchev–Trinajstić information content (AvgIpc) is 2.64. The van der Waals surface area contributed by atoms with Crippen LogP contribution in [0, 0.1) is 0 Å². The molecule has 0 bridgehead atoms. The number of hydrogen-bond acceptors (Lipinski definition) is 5. The summed E-state index contributed by atoms with van der Waals surface area (Å²) in [5, 5.41) is 2.80. The Morgan fingerprint density at radius 3 is 3.07 bits per heavy atom. The summed E-state index contributed by atoms with van der Waals surface area (Å²) < 4.78 is 5.15. The molecule has 2 aromatic heterocycles. The van der Waals surface area contributed by atoms with Crippen LogP contribution >= 0.6 is 27.3 Å². The van der Waals surface area contributed by atoms with Crippen LogP contribution in [0.3, 0.4) is 0 Å². The van der Waals surface area contributed by atoms with Crippen molar-refractivity contribution in [2.24, 2.45) is 0 Å². The van der Waals surface area contributed by atoms with Crippen LogP contribution < -0.4 is 0 Å². The third-order valence-corrected chi connectivity index (χ3v) is 3.06. The summed E-state index contributed by atoms with van der Waals surface area (Å²) >= 11 is 4.73. The van der Waals surface area contributed by atoms with Gasteiger partial charge < -0.3 is 4.74 Å². The maximum atomic E-state index is 11.2. The molecule has 6 heteroatoms. The summed E-state index contributed by atoms with van der Waals surface area (Å²) in [6.45, 7) is 0. The number of esters is 1. The molecule has 0 spiro atoms. The number of carbonyl (C=O) groups is 1. The van der Waals surface area contributed by atoms with Gasteiger partial charge in [-0.3, -0.25) is 0 Å². The van der Waals surface area contributed by atoms with Gasteiger partial charge in [0.05, 0.1) is 7.11 Å². The number of ether oxygens (including phenoxy) is 1. The Bertz CT molecular complexity index is 497. The molecule has 0 aliphatic heterocycles. The summed E-state index contributed by atoms with van der Waals surface area (Å²) in [5.41, 5.74) is 0. The van der Waals surface area contributed by atoms with E-state index in [9.17, 15) is 4.79 Å². The van der Waals surface area contributed by atoms with Crippen molar-refractivity contribution in [1.82, 2.24) is 9.97 Å². The molecule has 0 aliphatic rings. The smallest absolute Gasteiger partial charge is 0.376 e. The molecule has 4 nitrogen and oxygen atoms in total. The summed E-state index contributed by atoms with van der Waals surface area (Å²) in [4.78, 5) is 20.0. The highest BCUT2D eigenvalue weighted by molar-refractivity contribution is 9.10. The quantitative estimate of drug-likeness (QED) is 0.590. The maximum absolute atomic E-state index is 11.2. The second kappa shape index (κ2) is 3.62. The van der Waals surface area contributed by atoms with Crippen molar-refractivity contribution in [1.29, 1.82) is 0 Å². The van der Waals surface area contributed by atoms with Crippen LogP contribution in [0.15, 0.2) is 16.0 Å². The summed E-state index contributed by atoms with van der Waals surface area (Å²) in [5.74, 6) is -0.449. The van der Waals surface area contributed by atoms with Gasteiger partial charge in [-0.05, 0) is 27.4 Å². The van der Waals surface area contributed by atoms with Gasteiger partial charge in [0.1, 0.15) is 9.43 Å². The van der Waals surface area contributed by atoms with Crippen LogP contribution in [0.25, 0.3) is 10.2 Å². The number of rotatable bonds is 1. The Hall–Kier alpha value is -1.01. The molecule has 72 valence electrons. The highest BCUT2D eigenvalue weighted by Gasteiger charge is 2.13. The first-order valence-corrected chi connectivity index (χ1v) is 5.38. The van der Waals surface area contributed by atoms with Crippen LogP contribution in [-0.4, -0.2) is 23.0 Å². The van der Waals surface area contributed by atoms with E-state index in [1.165, 1.54) is 18.4 Å². The zero-order valence-electron chi connectivity index (χ0n) is 7.15. The first-order valence-electron chi connectivity index (χ1n) is 3.71. The van der Waals surface area contributed by atoms with Crippen LogP contribution in [0.4, 0.5) is 0 Å². The lowest BCUT2D eigenvalue weighted by molar-refractivity contribution is 0.0587. The topological polar surface area (TPSA) is 52.1 Å². The van der Waals surface area contributed by atoms with Gasteiger partial charge in [0, 0.05) is 5.39 Å². The van der Waals surface area contributed by atoms with Crippen LogP contribution in [-0.2, 0) is 4.74 Å². The van der Waals surface area contributed by atoms with E-state index in [1.807, 2.05) is 11.4 Å². The molecule has 0 atom stereocenters. The zero-order valence-corrected chi connectivity index (χ0v) is 9.55. The minimum Gasteiger partial charge on any atom is -0.463 e. The van der Waals surface area contributed by atoms with E-state index in [2.05, 4.69) is 30.6 Å². The predicted molar refractivity (Wildman–Crippen MR) is 56.5 cm³/mol. The lowest BCUT2D eigenvalue weighted by Crippen LogP contribution is -2.07. The lowest BCUT2D eigenvalue weighted by atomic mass is 10.4. The third-order valence-electron chi connectivity index (χ3n) is 1.65. The lowest BCUT2D eigenvalue weighted by Gasteiger charge is -1.98. The number of aromatic nitrogens is 2. The third kappa shape index (κ3) is 1.51. The molecule has 0 amide bonds. The predicted octanol–water partition coefficient (Wildman–Crippen LogP) is 2.24. The molecule has 2 heterocycles. The Morgan fingerprint density at radius 1 is 1.57 bits per heavy atom. The van der Waals surface area contributed by atoms with E-state index in [1.54, 1.807) is 0 Å². The Balaban J connectivity index is 2.64. The first kappa shape index (κ1) is 9.54. The van der Waals surface area contributed by atoms with Crippen molar-refractivity contribution < 1.29 is 9.53 Å². The minimum atomic E-state index is -0.527. The molecule has 0 N–H and O–H groups in total. The van der Waals surface area contributed by atoms with E-state index >= 15 is 0 Å². The Kier molecular flexibility index (Phi) is 2.47. The molecule has 0 aromatic carbocycles. The molecular formula is C8H5BrN2O2S. The van der Waals surface area contributed by atoms with E-state index in [4.69, 9.17) is 0 Å². The van der Waals surface area contributed by atoms with E-state index in [0.717, 1.165) is 10.2 Å². The second-order valence-corrected chi connectivity index (χ2v) is 4.11. The standard InChI is InChI=1S/C8H5BrN2O2S/c1-13-8(12)6-10-5(9)4-2-3-14-7(4)11-6/h2-3H,1H3. The average molecular weight is 273 g/mol. The van der Waals surface area contributed by atoms with Gasteiger partial charge in [0.25, 0.3) is 0 Å². The number of thiophene rings is 1. The molecule has 0 fully saturated rings. The number of fused-ring (bicyclic) bond motifs is 1. The number of halogens is 1. The van der Waals surface area contributed by atoms with E-state index < -0.39 is 5.97 Å². The molecule has 0 saturated carbocycles. The molecule has 2 rings (SSSR count). The van der Waals surface area contributed by atoms with Crippen molar-refractivity contribution in [3.05, 3.63) is 21.9 Å². The molecular weight excluding hydrogens is 268 g/mol. The van der Waals surface area contributed by atoms with Gasteiger partial charge >= 0.3 is 5.97 Å². The highest BCUT2D eigenvalue weighted by Crippen LogP contribution is 2.25. The van der Waals surface area contributed by atoms with Gasteiger partial charge in [0.2, 0.25) is 5.82 Å². The second-order valence-electron chi connectivity index (χ2n) is 2.47. The SMILES string of the molecule is COC(=O)c1nc(Br)c2ccsc2n1. The fraction of sp³-hybridized carbons (Fsp3) is 0.125. The molecule has 0 aliphatic carbocycles. The summed E-state index contributed by atoms with van der Waals surface area (Å²) in [6, 6.07) is 1.89. The number of nitrogens with zero attached hydrogens (tertiary/aromatic N) is 2. The van der Waals surface area contributed by atoms with E-state index in [0.29, 0.717) is 4.60 Å². The van der Waals surface area contributed by atoms with Crippen LogP contribution in [0.1, 0.15) is 10.6 Å². The first-order chi connectivity index (χ1) is 6.72. The fourth-order valence-corrected chi connectivity index (χ4v) is 2.38. The van der Waals surface area contributed by atoms with Crippen molar-refractivity contribution in [3.63, 3.8) is 0 Å². The molecule has 0 radical (unpaired) electrons. The van der Waals surface area contributed by atoms with Gasteiger partial charge in [-0.25, -0.2) is 14.8 Å². The molecule has 0 unspecified atom stereocenters. The number of hydrogen-bond donors (Lipinski definition) is 0. The monoisotopic (exact) mass is 272 g/mol. The van der Waals surface area contributed by atoms with Gasteiger partial charge in [-0.15, -0.1) is 11.3 Å². The molecule has 2 aromatic rings. The van der Waals surface area contributed by atoms with E-state index in [-0.39, 0.29) is 5.82 Å². The maximum Gasteiger partial charge on any atom is 0.376 e. The van der Waals surface area contributed by atoms with Gasteiger partial charge in [-0.1, -0.05) is 0 Å². The Morgan fingerprint density at radius 2 is 2.36 bits per heavy atom. The normalized spacial score (nSPS) is 10.4. The minimum absolute atomic E-state index is 0.0781. The van der Waals surface area contributed by atoms with Crippen molar-refractivity contribution >= 4 is 43.5 Å². The fourth-order valence-electron chi connectivity index (χ4n) is 1.00. The number of carbonyl (C=O) groups excluding carboxylic acids is 1. The van der Waals surface area contributed by atoms with Crippen LogP contribution in [0.2, 0.25) is 0 Å². The van der Waals surface area contributed by atoms with Crippen LogP contribution in [0.5, 0.6) is 0 Å². The van der Waals surface area contributed by atoms with Crippen molar-refractivity contribution in [2.75, 3.05) is 7.11 Å². The molecule has 0 saturated heterocycles. The summed E-state index contributed by atoms with van der Waals surface area (Å²) in [6.07, 6.45) is 0. The summed E-state index contributed by atoms with van der Waals surface area (Å²) in [7, 11) is 1.30. The highest BCUT2D eigenvalue weighted by atomic mass is 79.9. The van der Waals surface area contributed by atoms with Gasteiger partial charge in [0.15, 0.2) is 0 Å². The van der Waals surface area contributed by atoms with Gasteiger partial charge in [-0.2, -0.15) is 0 Å².